The van der Waals surface area contributed by atoms with Gasteiger partial charge in [-0.25, -0.2) is 4.79 Å². The van der Waals surface area contributed by atoms with Crippen LogP contribution in [0.15, 0.2) is 11.4 Å². The fourth-order valence-corrected chi connectivity index (χ4v) is 3.50. The lowest BCUT2D eigenvalue weighted by molar-refractivity contribution is 0.0835. The summed E-state index contributed by atoms with van der Waals surface area (Å²) in [5.74, 6) is 0.239. The molecule has 0 saturated carbocycles. The maximum absolute atomic E-state index is 11.6. The molecule has 2 N–H and O–H groups in total. The van der Waals surface area contributed by atoms with Crippen molar-refractivity contribution in [3.63, 3.8) is 0 Å². The van der Waals surface area contributed by atoms with E-state index in [4.69, 9.17) is 10.5 Å². The summed E-state index contributed by atoms with van der Waals surface area (Å²) in [5, 5.41) is 2.08. The van der Waals surface area contributed by atoms with Crippen molar-refractivity contribution in [2.45, 2.75) is 31.8 Å². The number of hydrogen-bond acceptors (Lipinski definition) is 4. The lowest BCUT2D eigenvalue weighted by atomic mass is 9.91. The summed E-state index contributed by atoms with van der Waals surface area (Å²) in [6, 6.07) is 2.10. The van der Waals surface area contributed by atoms with Crippen molar-refractivity contribution in [2.75, 3.05) is 13.7 Å². The van der Waals surface area contributed by atoms with E-state index in [1.807, 2.05) is 0 Å². The molecule has 1 aromatic rings. The largest absolute Gasteiger partial charge is 0.453 e. The summed E-state index contributed by atoms with van der Waals surface area (Å²) in [6.07, 6.45) is 1.42. The number of thiophene rings is 1. The van der Waals surface area contributed by atoms with Gasteiger partial charge < -0.3 is 10.5 Å². The van der Waals surface area contributed by atoms with Gasteiger partial charge in [0.25, 0.3) is 0 Å². The molecule has 1 amide bonds. The van der Waals surface area contributed by atoms with Gasteiger partial charge in [0.05, 0.1) is 13.3 Å². The molecular weight excluding hydrogens is 236 g/mol. The number of nitrogens with two attached hydrogens (primary N) is 1. The third kappa shape index (κ3) is 2.30. The number of carbonyl (C=O) groups excluding carboxylic acids is 1. The van der Waals surface area contributed by atoms with E-state index in [0.717, 1.165) is 12.8 Å². The van der Waals surface area contributed by atoms with Crippen molar-refractivity contribution < 1.29 is 9.53 Å². The molecule has 2 unspecified atom stereocenters. The van der Waals surface area contributed by atoms with Crippen molar-refractivity contribution in [2.24, 2.45) is 5.73 Å². The lowest BCUT2D eigenvalue weighted by Gasteiger charge is -2.37. The minimum Gasteiger partial charge on any atom is -0.453 e. The molecule has 0 radical (unpaired) electrons. The highest BCUT2D eigenvalue weighted by Gasteiger charge is 2.34. The number of carbonyl (C=O) groups is 1. The molecule has 2 atom stereocenters. The van der Waals surface area contributed by atoms with E-state index in [1.54, 1.807) is 16.2 Å². The van der Waals surface area contributed by atoms with Crippen LogP contribution >= 0.6 is 11.3 Å². The molecule has 17 heavy (non-hydrogen) atoms. The van der Waals surface area contributed by atoms with Crippen LogP contribution in [0.3, 0.4) is 0 Å². The summed E-state index contributed by atoms with van der Waals surface area (Å²) >= 11 is 1.72. The van der Waals surface area contributed by atoms with Crippen molar-refractivity contribution in [1.82, 2.24) is 4.90 Å². The van der Waals surface area contributed by atoms with Gasteiger partial charge in [-0.15, -0.1) is 11.3 Å². The van der Waals surface area contributed by atoms with Crippen LogP contribution in [0.4, 0.5) is 4.79 Å². The number of hydrogen-bond donors (Lipinski definition) is 1. The highest BCUT2D eigenvalue weighted by Crippen LogP contribution is 2.35. The van der Waals surface area contributed by atoms with Gasteiger partial charge in [0, 0.05) is 17.3 Å². The van der Waals surface area contributed by atoms with Gasteiger partial charge in [0.1, 0.15) is 0 Å². The molecule has 0 spiro atoms. The Morgan fingerprint density at radius 1 is 1.65 bits per heavy atom. The Balaban J connectivity index is 2.19. The van der Waals surface area contributed by atoms with E-state index in [0.29, 0.717) is 6.54 Å². The van der Waals surface area contributed by atoms with Crippen molar-refractivity contribution in [3.05, 3.63) is 21.9 Å². The number of piperidine rings is 1. The first kappa shape index (κ1) is 12.4. The maximum atomic E-state index is 11.6. The number of aryl methyl sites for hydroxylation is 1. The van der Waals surface area contributed by atoms with Crippen LogP contribution in [-0.4, -0.2) is 30.8 Å². The molecule has 94 valence electrons. The SMILES string of the molecule is COC(=O)N1CCCC(c2sccc2C)C1N. The van der Waals surface area contributed by atoms with Crippen LogP contribution in [0.25, 0.3) is 0 Å². The summed E-state index contributed by atoms with van der Waals surface area (Å²) < 4.78 is 4.77. The predicted molar refractivity (Wildman–Crippen MR) is 68.1 cm³/mol. The third-order valence-electron chi connectivity index (χ3n) is 3.33. The number of rotatable bonds is 1. The summed E-state index contributed by atoms with van der Waals surface area (Å²) in [6.45, 7) is 2.78. The molecular formula is C12H18N2O2S. The van der Waals surface area contributed by atoms with Gasteiger partial charge in [-0.3, -0.25) is 4.90 Å². The Morgan fingerprint density at radius 3 is 3.00 bits per heavy atom. The lowest BCUT2D eigenvalue weighted by Crippen LogP contribution is -2.52. The Kier molecular flexibility index (Phi) is 3.69. The molecule has 1 saturated heterocycles. The average molecular weight is 254 g/mol. The van der Waals surface area contributed by atoms with Gasteiger partial charge >= 0.3 is 6.09 Å². The monoisotopic (exact) mass is 254 g/mol. The molecule has 0 aliphatic carbocycles. The van der Waals surface area contributed by atoms with E-state index < -0.39 is 0 Å². The van der Waals surface area contributed by atoms with Crippen LogP contribution < -0.4 is 5.73 Å². The predicted octanol–water partition coefficient (Wildman–Crippen LogP) is 2.29. The van der Waals surface area contributed by atoms with Gasteiger partial charge in [-0.1, -0.05) is 0 Å². The van der Waals surface area contributed by atoms with Crippen LogP contribution in [0.1, 0.15) is 29.2 Å². The summed E-state index contributed by atoms with van der Waals surface area (Å²) in [7, 11) is 1.40. The quantitative estimate of drug-likeness (QED) is 0.836. The second-order valence-electron chi connectivity index (χ2n) is 4.37. The van der Waals surface area contributed by atoms with E-state index in [9.17, 15) is 4.79 Å². The highest BCUT2D eigenvalue weighted by atomic mass is 32.1. The van der Waals surface area contributed by atoms with E-state index in [1.165, 1.54) is 17.6 Å². The molecule has 1 aromatic heterocycles. The minimum atomic E-state index is -0.323. The number of amides is 1. The standard InChI is InChI=1S/C12H18N2O2S/c1-8-5-7-17-10(8)9-4-3-6-14(11(9)13)12(15)16-2/h5,7,9,11H,3-4,6,13H2,1-2H3. The molecule has 5 heteroatoms. The normalized spacial score (nSPS) is 24.8. The number of nitrogens with zero attached hydrogens (tertiary/aromatic N) is 1. The van der Waals surface area contributed by atoms with E-state index in [2.05, 4.69) is 18.4 Å². The van der Waals surface area contributed by atoms with Crippen molar-refractivity contribution in [3.8, 4) is 0 Å². The van der Waals surface area contributed by atoms with Gasteiger partial charge in [0.15, 0.2) is 0 Å². The molecule has 0 aromatic carbocycles. The number of methoxy groups -OCH3 is 1. The van der Waals surface area contributed by atoms with E-state index >= 15 is 0 Å². The van der Waals surface area contributed by atoms with Crippen molar-refractivity contribution in [1.29, 1.82) is 0 Å². The third-order valence-corrected chi connectivity index (χ3v) is 4.48. The Labute approximate surface area is 105 Å². The second kappa shape index (κ2) is 5.06. The fourth-order valence-electron chi connectivity index (χ4n) is 2.40. The average Bonchev–Trinajstić information content (AvgIpc) is 2.75. The Hall–Kier alpha value is -1.07. The molecule has 1 fully saturated rings. The van der Waals surface area contributed by atoms with Crippen molar-refractivity contribution >= 4 is 17.4 Å². The van der Waals surface area contributed by atoms with Crippen LogP contribution in [-0.2, 0) is 4.74 Å². The van der Waals surface area contributed by atoms with Gasteiger partial charge in [-0.05, 0) is 36.8 Å². The summed E-state index contributed by atoms with van der Waals surface area (Å²) in [5.41, 5.74) is 7.46. The van der Waals surface area contributed by atoms with Crippen LogP contribution in [0.5, 0.6) is 0 Å². The molecule has 1 aliphatic heterocycles. The zero-order valence-electron chi connectivity index (χ0n) is 10.2. The Bertz CT molecular complexity index is 405. The van der Waals surface area contributed by atoms with Crippen LogP contribution in [0.2, 0.25) is 0 Å². The summed E-state index contributed by atoms with van der Waals surface area (Å²) in [4.78, 5) is 14.5. The zero-order valence-corrected chi connectivity index (χ0v) is 11.0. The number of likely N-dealkylation sites (tertiary alicyclic amines) is 1. The fraction of sp³-hybridized carbons (Fsp3) is 0.583. The Morgan fingerprint density at radius 2 is 2.41 bits per heavy atom. The highest BCUT2D eigenvalue weighted by molar-refractivity contribution is 7.10. The first-order valence-corrected chi connectivity index (χ1v) is 6.67. The molecule has 1 aliphatic rings. The second-order valence-corrected chi connectivity index (χ2v) is 5.32. The first-order chi connectivity index (χ1) is 8.15. The maximum Gasteiger partial charge on any atom is 0.410 e. The molecule has 4 nitrogen and oxygen atoms in total. The van der Waals surface area contributed by atoms with Gasteiger partial charge in [-0.2, -0.15) is 0 Å². The smallest absolute Gasteiger partial charge is 0.410 e. The zero-order chi connectivity index (χ0) is 12.4. The molecule has 2 heterocycles. The van der Waals surface area contributed by atoms with E-state index in [-0.39, 0.29) is 18.2 Å². The number of ether oxygens (including phenoxy) is 1. The topological polar surface area (TPSA) is 55.6 Å². The minimum absolute atomic E-state index is 0.239. The first-order valence-electron chi connectivity index (χ1n) is 5.79. The molecule has 0 bridgehead atoms. The van der Waals surface area contributed by atoms with Crippen LogP contribution in [0, 0.1) is 6.92 Å². The molecule has 2 rings (SSSR count). The van der Waals surface area contributed by atoms with Gasteiger partial charge in [0.2, 0.25) is 0 Å².